The van der Waals surface area contributed by atoms with Crippen molar-refractivity contribution in [1.29, 1.82) is 0 Å². The quantitative estimate of drug-likeness (QED) is 0.171. The van der Waals surface area contributed by atoms with Crippen molar-refractivity contribution in [3.8, 4) is 56.2 Å². The van der Waals surface area contributed by atoms with Crippen LogP contribution >= 0.6 is 0 Å². The first kappa shape index (κ1) is 31.6. The SMILES string of the molecule is CC1(C)c2cc(-c3ccc(-c4nc(-c5ccccc5)cc(-c5cc6ccccc6c6ccccc56)n4)c4ccccc34)ccc2-c2ccc3ccccc3c21. The molecule has 0 amide bonds. The van der Waals surface area contributed by atoms with Gasteiger partial charge < -0.3 is 0 Å². The molecule has 11 rings (SSSR count). The summed E-state index contributed by atoms with van der Waals surface area (Å²) in [6, 6.07) is 65.9. The van der Waals surface area contributed by atoms with Crippen LogP contribution in [0.5, 0.6) is 0 Å². The molecule has 55 heavy (non-hydrogen) atoms. The molecule has 0 atom stereocenters. The Morgan fingerprint density at radius 1 is 0.345 bits per heavy atom. The zero-order chi connectivity index (χ0) is 36.7. The molecule has 1 aliphatic rings. The third-order valence-corrected chi connectivity index (χ3v) is 11.9. The lowest BCUT2D eigenvalue weighted by molar-refractivity contribution is 0.666. The molecule has 1 aliphatic carbocycles. The molecule has 0 spiro atoms. The van der Waals surface area contributed by atoms with Crippen LogP contribution in [0.15, 0.2) is 182 Å². The minimum Gasteiger partial charge on any atom is -0.228 e. The van der Waals surface area contributed by atoms with Crippen LogP contribution in [0, 0.1) is 0 Å². The molecule has 0 aliphatic heterocycles. The van der Waals surface area contributed by atoms with Crippen LogP contribution in [-0.2, 0) is 5.41 Å². The number of rotatable bonds is 4. The van der Waals surface area contributed by atoms with Crippen LogP contribution in [-0.4, -0.2) is 9.97 Å². The Labute approximate surface area is 320 Å². The van der Waals surface area contributed by atoms with E-state index in [1.807, 2.05) is 0 Å². The molecule has 1 aromatic heterocycles. The monoisotopic (exact) mass is 700 g/mol. The summed E-state index contributed by atoms with van der Waals surface area (Å²) < 4.78 is 0. The van der Waals surface area contributed by atoms with Crippen molar-refractivity contribution in [3.63, 3.8) is 0 Å². The summed E-state index contributed by atoms with van der Waals surface area (Å²) in [5, 5.41) is 9.79. The molecule has 1 heterocycles. The molecule has 0 radical (unpaired) electrons. The molecule has 0 fully saturated rings. The van der Waals surface area contributed by atoms with Gasteiger partial charge in [-0.1, -0.05) is 172 Å². The highest BCUT2D eigenvalue weighted by atomic mass is 14.9. The van der Waals surface area contributed by atoms with Gasteiger partial charge in [-0.05, 0) is 101 Å². The fraction of sp³-hybridized carbons (Fsp3) is 0.0566. The van der Waals surface area contributed by atoms with E-state index in [0.717, 1.165) is 33.5 Å². The maximum absolute atomic E-state index is 5.41. The number of benzene rings is 9. The van der Waals surface area contributed by atoms with Crippen molar-refractivity contribution in [3.05, 3.63) is 193 Å². The highest BCUT2D eigenvalue weighted by molar-refractivity contribution is 6.14. The van der Waals surface area contributed by atoms with Crippen molar-refractivity contribution < 1.29 is 0 Å². The van der Waals surface area contributed by atoms with Gasteiger partial charge in [-0.25, -0.2) is 9.97 Å². The summed E-state index contributed by atoms with van der Waals surface area (Å²) >= 11 is 0. The van der Waals surface area contributed by atoms with E-state index in [-0.39, 0.29) is 5.41 Å². The standard InChI is InChI=1S/C53H36N2/c1-53(2)48-31-36(25-26-44(48)45-27-24-33-14-6-9-19-39(33)51(45)53)38-28-29-46(42-22-12-10-21-41(38)42)52-54-49(34-15-4-3-5-16-34)32-50(55-52)47-30-35-17-7-8-18-37(35)40-20-11-13-23-43(40)47/h3-32H,1-2H3. The predicted octanol–water partition coefficient (Wildman–Crippen LogP) is 14.1. The lowest BCUT2D eigenvalue weighted by Crippen LogP contribution is -2.15. The van der Waals surface area contributed by atoms with Gasteiger partial charge in [-0.2, -0.15) is 0 Å². The number of fused-ring (bicyclic) bond motifs is 9. The van der Waals surface area contributed by atoms with Gasteiger partial charge in [0.2, 0.25) is 0 Å². The van der Waals surface area contributed by atoms with E-state index >= 15 is 0 Å². The summed E-state index contributed by atoms with van der Waals surface area (Å²) in [6.45, 7) is 4.75. The van der Waals surface area contributed by atoms with E-state index in [2.05, 4.69) is 196 Å². The Bertz CT molecular complexity index is 3170. The molecular weight excluding hydrogens is 665 g/mol. The number of aromatic nitrogens is 2. The average molecular weight is 701 g/mol. The smallest absolute Gasteiger partial charge is 0.161 e. The van der Waals surface area contributed by atoms with E-state index in [9.17, 15) is 0 Å². The molecule has 0 saturated carbocycles. The third kappa shape index (κ3) is 4.88. The molecule has 0 saturated heterocycles. The van der Waals surface area contributed by atoms with Crippen LogP contribution in [0.2, 0.25) is 0 Å². The first-order valence-corrected chi connectivity index (χ1v) is 19.1. The normalized spacial score (nSPS) is 13.1. The molecule has 0 bridgehead atoms. The summed E-state index contributed by atoms with van der Waals surface area (Å²) in [5.74, 6) is 0.716. The number of hydrogen-bond acceptors (Lipinski definition) is 2. The lowest BCUT2D eigenvalue weighted by atomic mass is 9.79. The van der Waals surface area contributed by atoms with Gasteiger partial charge in [0.15, 0.2) is 5.82 Å². The first-order chi connectivity index (χ1) is 27.0. The van der Waals surface area contributed by atoms with Crippen molar-refractivity contribution in [2.45, 2.75) is 19.3 Å². The zero-order valence-electron chi connectivity index (χ0n) is 30.7. The maximum Gasteiger partial charge on any atom is 0.161 e. The summed E-state index contributed by atoms with van der Waals surface area (Å²) in [4.78, 5) is 10.7. The van der Waals surface area contributed by atoms with Crippen LogP contribution in [0.25, 0.3) is 99.2 Å². The van der Waals surface area contributed by atoms with Gasteiger partial charge in [0.1, 0.15) is 0 Å². The molecular formula is C53H36N2. The molecule has 9 aromatic carbocycles. The van der Waals surface area contributed by atoms with E-state index in [4.69, 9.17) is 9.97 Å². The molecule has 10 aromatic rings. The van der Waals surface area contributed by atoms with Crippen LogP contribution < -0.4 is 0 Å². The largest absolute Gasteiger partial charge is 0.228 e. The molecule has 258 valence electrons. The number of nitrogens with zero attached hydrogens (tertiary/aromatic N) is 2. The van der Waals surface area contributed by atoms with Crippen LogP contribution in [0.4, 0.5) is 0 Å². The van der Waals surface area contributed by atoms with Gasteiger partial charge in [0.25, 0.3) is 0 Å². The second-order valence-corrected chi connectivity index (χ2v) is 15.3. The van der Waals surface area contributed by atoms with Crippen molar-refractivity contribution in [2.24, 2.45) is 0 Å². The second-order valence-electron chi connectivity index (χ2n) is 15.3. The van der Waals surface area contributed by atoms with E-state index < -0.39 is 0 Å². The topological polar surface area (TPSA) is 25.8 Å². The predicted molar refractivity (Wildman–Crippen MR) is 231 cm³/mol. The maximum atomic E-state index is 5.41. The average Bonchev–Trinajstić information content (AvgIpc) is 3.48. The summed E-state index contributed by atoms with van der Waals surface area (Å²) in [5.41, 5.74) is 12.7. The minimum atomic E-state index is -0.133. The van der Waals surface area contributed by atoms with Gasteiger partial charge in [0.05, 0.1) is 11.4 Å². The lowest BCUT2D eigenvalue weighted by Gasteiger charge is -2.24. The Hall–Kier alpha value is -6.90. The van der Waals surface area contributed by atoms with Gasteiger partial charge in [-0.15, -0.1) is 0 Å². The molecule has 2 heteroatoms. The summed E-state index contributed by atoms with van der Waals surface area (Å²) in [6.07, 6.45) is 0. The fourth-order valence-corrected chi connectivity index (χ4v) is 9.24. The highest BCUT2D eigenvalue weighted by Crippen LogP contribution is 2.52. The van der Waals surface area contributed by atoms with Gasteiger partial charge in [0, 0.05) is 22.1 Å². The zero-order valence-corrected chi connectivity index (χ0v) is 30.7. The Morgan fingerprint density at radius 2 is 0.909 bits per heavy atom. The van der Waals surface area contributed by atoms with E-state index in [1.165, 1.54) is 71.1 Å². The van der Waals surface area contributed by atoms with Crippen LogP contribution in [0.1, 0.15) is 25.0 Å². The Kier molecular flexibility index (Phi) is 6.93. The molecule has 2 nitrogen and oxygen atoms in total. The van der Waals surface area contributed by atoms with E-state index in [1.54, 1.807) is 0 Å². The van der Waals surface area contributed by atoms with Crippen molar-refractivity contribution in [2.75, 3.05) is 0 Å². The first-order valence-electron chi connectivity index (χ1n) is 19.1. The highest BCUT2D eigenvalue weighted by Gasteiger charge is 2.37. The molecule has 0 unspecified atom stereocenters. The van der Waals surface area contributed by atoms with Gasteiger partial charge >= 0.3 is 0 Å². The second kappa shape index (κ2) is 12.1. The van der Waals surface area contributed by atoms with Crippen LogP contribution in [0.3, 0.4) is 0 Å². The fourth-order valence-electron chi connectivity index (χ4n) is 9.24. The summed E-state index contributed by atoms with van der Waals surface area (Å²) in [7, 11) is 0. The number of hydrogen-bond donors (Lipinski definition) is 0. The van der Waals surface area contributed by atoms with Crippen molar-refractivity contribution >= 4 is 43.1 Å². The minimum absolute atomic E-state index is 0.133. The third-order valence-electron chi connectivity index (χ3n) is 11.9. The molecule has 0 N–H and O–H groups in total. The Balaban J connectivity index is 1.10. The van der Waals surface area contributed by atoms with E-state index in [0.29, 0.717) is 5.82 Å². The Morgan fingerprint density at radius 3 is 1.69 bits per heavy atom. The van der Waals surface area contributed by atoms with Crippen molar-refractivity contribution in [1.82, 2.24) is 9.97 Å². The van der Waals surface area contributed by atoms with Gasteiger partial charge in [-0.3, -0.25) is 0 Å².